The Morgan fingerprint density at radius 3 is 2.86 bits per heavy atom. The molecule has 2 rings (SSSR count). The van der Waals surface area contributed by atoms with Gasteiger partial charge in [-0.1, -0.05) is 12.1 Å². The third-order valence-corrected chi connectivity index (χ3v) is 3.84. The summed E-state index contributed by atoms with van der Waals surface area (Å²) in [6.45, 7) is 11.7. The summed E-state index contributed by atoms with van der Waals surface area (Å²) in [7, 11) is 1.73. The van der Waals surface area contributed by atoms with Gasteiger partial charge in [0.25, 0.3) is 0 Å². The zero-order chi connectivity index (χ0) is 15.3. The molecule has 0 spiro atoms. The lowest BCUT2D eigenvalue weighted by atomic mass is 10.0. The van der Waals surface area contributed by atoms with Crippen LogP contribution in [0.2, 0.25) is 0 Å². The van der Waals surface area contributed by atoms with E-state index in [1.54, 1.807) is 7.11 Å². The van der Waals surface area contributed by atoms with E-state index in [1.165, 1.54) is 16.8 Å². The molecule has 0 unspecified atom stereocenters. The lowest BCUT2D eigenvalue weighted by Crippen LogP contribution is -2.48. The molecule has 21 heavy (non-hydrogen) atoms. The molecular formula is C17H28N2O2. The van der Waals surface area contributed by atoms with Crippen LogP contribution in [0.1, 0.15) is 25.0 Å². The molecule has 4 heteroatoms. The van der Waals surface area contributed by atoms with Gasteiger partial charge in [-0.15, -0.1) is 0 Å². The zero-order valence-corrected chi connectivity index (χ0v) is 13.7. The maximum absolute atomic E-state index is 5.79. The minimum absolute atomic E-state index is 0.0644. The molecule has 4 nitrogen and oxygen atoms in total. The van der Waals surface area contributed by atoms with Crippen LogP contribution in [0.4, 0.5) is 5.69 Å². The van der Waals surface area contributed by atoms with Crippen molar-refractivity contribution in [1.82, 2.24) is 5.32 Å². The first-order valence-electron chi connectivity index (χ1n) is 7.70. The molecule has 0 aliphatic carbocycles. The monoisotopic (exact) mass is 292 g/mol. The topological polar surface area (TPSA) is 33.7 Å². The van der Waals surface area contributed by atoms with Crippen molar-refractivity contribution in [3.05, 3.63) is 29.3 Å². The van der Waals surface area contributed by atoms with Crippen molar-refractivity contribution in [2.24, 2.45) is 0 Å². The fourth-order valence-corrected chi connectivity index (χ4v) is 2.81. The second kappa shape index (κ2) is 7.25. The smallest absolute Gasteiger partial charge is 0.0801 e. The van der Waals surface area contributed by atoms with Gasteiger partial charge in [0.15, 0.2) is 0 Å². The van der Waals surface area contributed by atoms with Gasteiger partial charge in [-0.25, -0.2) is 0 Å². The van der Waals surface area contributed by atoms with E-state index in [0.29, 0.717) is 0 Å². The fourth-order valence-electron chi connectivity index (χ4n) is 2.81. The standard InChI is InChI=1S/C17H28N2O2/c1-14-11-15(12-18-7-9-20-4)5-6-16(14)19-8-10-21-17(2,3)13-19/h5-6,11,18H,7-10,12-13H2,1-4H3. The minimum Gasteiger partial charge on any atom is -0.383 e. The van der Waals surface area contributed by atoms with E-state index in [9.17, 15) is 0 Å². The van der Waals surface area contributed by atoms with Crippen molar-refractivity contribution in [3.8, 4) is 0 Å². The van der Waals surface area contributed by atoms with Crippen LogP contribution in [-0.2, 0) is 16.0 Å². The Balaban J connectivity index is 1.98. The molecule has 1 fully saturated rings. The summed E-state index contributed by atoms with van der Waals surface area (Å²) in [4.78, 5) is 2.43. The normalized spacial score (nSPS) is 18.0. The van der Waals surface area contributed by atoms with E-state index >= 15 is 0 Å². The summed E-state index contributed by atoms with van der Waals surface area (Å²) in [6, 6.07) is 6.73. The van der Waals surface area contributed by atoms with Crippen molar-refractivity contribution < 1.29 is 9.47 Å². The van der Waals surface area contributed by atoms with Crippen LogP contribution in [-0.4, -0.2) is 45.6 Å². The van der Waals surface area contributed by atoms with Gasteiger partial charge in [0, 0.05) is 39.0 Å². The number of nitrogens with zero attached hydrogens (tertiary/aromatic N) is 1. The van der Waals surface area contributed by atoms with E-state index in [0.717, 1.165) is 39.4 Å². The highest BCUT2D eigenvalue weighted by Crippen LogP contribution is 2.26. The molecule has 0 atom stereocenters. The maximum atomic E-state index is 5.79. The van der Waals surface area contributed by atoms with Crippen molar-refractivity contribution >= 4 is 5.69 Å². The average molecular weight is 292 g/mol. The van der Waals surface area contributed by atoms with E-state index < -0.39 is 0 Å². The second-order valence-corrected chi connectivity index (χ2v) is 6.32. The Hall–Kier alpha value is -1.10. The second-order valence-electron chi connectivity index (χ2n) is 6.32. The molecule has 1 aliphatic rings. The summed E-state index contributed by atoms with van der Waals surface area (Å²) in [5.41, 5.74) is 3.91. The largest absolute Gasteiger partial charge is 0.383 e. The highest BCUT2D eigenvalue weighted by atomic mass is 16.5. The summed E-state index contributed by atoms with van der Waals surface area (Å²) in [5.74, 6) is 0. The first kappa shape index (κ1) is 16.3. The molecule has 0 radical (unpaired) electrons. The third kappa shape index (κ3) is 4.70. The Bertz CT molecular complexity index is 460. The number of hydrogen-bond acceptors (Lipinski definition) is 4. The summed E-state index contributed by atoms with van der Waals surface area (Å²) >= 11 is 0. The number of benzene rings is 1. The first-order valence-corrected chi connectivity index (χ1v) is 7.70. The average Bonchev–Trinajstić information content (AvgIpc) is 2.42. The molecule has 1 aliphatic heterocycles. The van der Waals surface area contributed by atoms with Crippen LogP contribution >= 0.6 is 0 Å². The molecule has 1 aromatic carbocycles. The maximum Gasteiger partial charge on any atom is 0.0801 e. The van der Waals surface area contributed by atoms with Gasteiger partial charge >= 0.3 is 0 Å². The minimum atomic E-state index is -0.0644. The molecule has 1 N–H and O–H groups in total. The lowest BCUT2D eigenvalue weighted by molar-refractivity contribution is -0.0277. The molecule has 118 valence electrons. The SMILES string of the molecule is COCCNCc1ccc(N2CCOC(C)(C)C2)c(C)c1. The molecule has 1 saturated heterocycles. The van der Waals surface area contributed by atoms with E-state index in [1.807, 2.05) is 0 Å². The van der Waals surface area contributed by atoms with E-state index in [2.05, 4.69) is 49.2 Å². The Morgan fingerprint density at radius 1 is 1.38 bits per heavy atom. The summed E-state index contributed by atoms with van der Waals surface area (Å²) in [6.07, 6.45) is 0. The summed E-state index contributed by atoms with van der Waals surface area (Å²) in [5, 5.41) is 3.38. The van der Waals surface area contributed by atoms with Gasteiger partial charge in [-0.2, -0.15) is 0 Å². The van der Waals surface area contributed by atoms with Crippen LogP contribution in [0, 0.1) is 6.92 Å². The van der Waals surface area contributed by atoms with Crippen LogP contribution in [0.25, 0.3) is 0 Å². The number of ether oxygens (including phenoxy) is 2. The van der Waals surface area contributed by atoms with Gasteiger partial charge in [0.2, 0.25) is 0 Å². The van der Waals surface area contributed by atoms with Crippen LogP contribution in [0.3, 0.4) is 0 Å². The van der Waals surface area contributed by atoms with Gasteiger partial charge in [0.05, 0.1) is 18.8 Å². The number of aryl methyl sites for hydroxylation is 1. The number of hydrogen-bond donors (Lipinski definition) is 1. The summed E-state index contributed by atoms with van der Waals surface area (Å²) < 4.78 is 10.8. The zero-order valence-electron chi connectivity index (χ0n) is 13.7. The van der Waals surface area contributed by atoms with Gasteiger partial charge in [0.1, 0.15) is 0 Å². The Kier molecular flexibility index (Phi) is 5.62. The number of methoxy groups -OCH3 is 1. The van der Waals surface area contributed by atoms with Crippen LogP contribution in [0.15, 0.2) is 18.2 Å². The third-order valence-electron chi connectivity index (χ3n) is 3.84. The van der Waals surface area contributed by atoms with E-state index in [4.69, 9.17) is 9.47 Å². The molecular weight excluding hydrogens is 264 g/mol. The fraction of sp³-hybridized carbons (Fsp3) is 0.647. The Labute approximate surface area is 128 Å². The quantitative estimate of drug-likeness (QED) is 0.816. The molecule has 0 aromatic heterocycles. The number of anilines is 1. The number of nitrogens with one attached hydrogen (secondary N) is 1. The highest BCUT2D eigenvalue weighted by Gasteiger charge is 2.27. The van der Waals surface area contributed by atoms with Crippen molar-refractivity contribution in [2.75, 3.05) is 44.9 Å². The van der Waals surface area contributed by atoms with Crippen LogP contribution in [0.5, 0.6) is 0 Å². The van der Waals surface area contributed by atoms with Crippen molar-refractivity contribution in [1.29, 1.82) is 0 Å². The lowest BCUT2D eigenvalue weighted by Gasteiger charge is -2.40. The molecule has 0 bridgehead atoms. The van der Waals surface area contributed by atoms with E-state index in [-0.39, 0.29) is 5.60 Å². The first-order chi connectivity index (χ1) is 10.0. The molecule has 0 amide bonds. The number of morpholine rings is 1. The Morgan fingerprint density at radius 2 is 2.19 bits per heavy atom. The van der Waals surface area contributed by atoms with Crippen molar-refractivity contribution in [3.63, 3.8) is 0 Å². The van der Waals surface area contributed by atoms with Crippen LogP contribution < -0.4 is 10.2 Å². The van der Waals surface area contributed by atoms with Crippen molar-refractivity contribution in [2.45, 2.75) is 32.9 Å². The molecule has 1 heterocycles. The van der Waals surface area contributed by atoms with Gasteiger partial charge < -0.3 is 19.7 Å². The highest BCUT2D eigenvalue weighted by molar-refractivity contribution is 5.55. The van der Waals surface area contributed by atoms with Gasteiger partial charge in [-0.3, -0.25) is 0 Å². The number of rotatable bonds is 6. The molecule has 0 saturated carbocycles. The predicted octanol–water partition coefficient (Wildman–Crippen LogP) is 2.35. The molecule has 1 aromatic rings. The van der Waals surface area contributed by atoms with Gasteiger partial charge in [-0.05, 0) is 38.0 Å². The predicted molar refractivity (Wildman–Crippen MR) is 87.0 cm³/mol.